The molecule has 1 saturated carbocycles. The summed E-state index contributed by atoms with van der Waals surface area (Å²) in [7, 11) is 0. The normalized spacial score (nSPS) is 31.2. The number of nitrogens with zero attached hydrogens (tertiary/aromatic N) is 2. The van der Waals surface area contributed by atoms with Crippen LogP contribution in [0.5, 0.6) is 0 Å². The maximum absolute atomic E-state index is 12.6. The predicted octanol–water partition coefficient (Wildman–Crippen LogP) is 4.57. The molecule has 110 valence electrons. The third kappa shape index (κ3) is 1.85. The van der Waals surface area contributed by atoms with E-state index < -0.39 is 5.41 Å². The molecule has 4 heteroatoms. The predicted molar refractivity (Wildman–Crippen MR) is 80.2 cm³/mol. The lowest BCUT2D eigenvalue weighted by atomic mass is 9.60. The van der Waals surface area contributed by atoms with Crippen molar-refractivity contribution in [2.75, 3.05) is 0 Å². The molecule has 0 aliphatic heterocycles. The maximum atomic E-state index is 12.6. The fourth-order valence-corrected chi connectivity index (χ4v) is 3.63. The first-order valence-corrected chi connectivity index (χ1v) is 7.32. The second-order valence-corrected chi connectivity index (χ2v) is 6.74. The van der Waals surface area contributed by atoms with E-state index in [0.717, 1.165) is 12.8 Å². The number of carbonyl (C=O) groups excluding carboxylic acids is 1. The number of hydrogen-bond donors (Lipinski definition) is 1. The number of azo groups is 1. The smallest absolute Gasteiger partial charge is 0.190 e. The molecule has 0 spiro atoms. The van der Waals surface area contributed by atoms with Crippen LogP contribution in [0, 0.1) is 16.7 Å². The summed E-state index contributed by atoms with van der Waals surface area (Å²) in [5.41, 5.74) is 0.187. The van der Waals surface area contributed by atoms with Gasteiger partial charge in [-0.25, -0.2) is 0 Å². The van der Waals surface area contributed by atoms with E-state index in [0.29, 0.717) is 5.69 Å². The summed E-state index contributed by atoms with van der Waals surface area (Å²) in [6.07, 6.45) is 1.61. The lowest BCUT2D eigenvalue weighted by molar-refractivity contribution is -0.125. The first kappa shape index (κ1) is 14.0. The largest absolute Gasteiger partial charge is 0.509 e. The number of fused-ring (bicyclic) bond motifs is 2. The summed E-state index contributed by atoms with van der Waals surface area (Å²) in [5, 5.41) is 18.8. The van der Waals surface area contributed by atoms with E-state index in [-0.39, 0.29) is 28.6 Å². The van der Waals surface area contributed by atoms with Crippen LogP contribution in [-0.2, 0) is 4.79 Å². The molecule has 2 bridgehead atoms. The third-order valence-electron chi connectivity index (χ3n) is 5.54. The summed E-state index contributed by atoms with van der Waals surface area (Å²) in [6.45, 7) is 6.14. The summed E-state index contributed by atoms with van der Waals surface area (Å²) in [5.74, 6) is -0.0544. The Hall–Kier alpha value is -1.97. The van der Waals surface area contributed by atoms with Crippen molar-refractivity contribution in [3.63, 3.8) is 0 Å². The lowest BCUT2D eigenvalue weighted by Gasteiger charge is -2.44. The van der Waals surface area contributed by atoms with E-state index in [4.69, 9.17) is 0 Å². The van der Waals surface area contributed by atoms with Crippen LogP contribution in [0.25, 0.3) is 0 Å². The van der Waals surface area contributed by atoms with E-state index in [1.807, 2.05) is 37.3 Å². The van der Waals surface area contributed by atoms with Gasteiger partial charge in [0, 0.05) is 11.3 Å². The zero-order valence-corrected chi connectivity index (χ0v) is 12.6. The van der Waals surface area contributed by atoms with Gasteiger partial charge in [-0.15, -0.1) is 5.11 Å². The Balaban J connectivity index is 2.03. The van der Waals surface area contributed by atoms with Gasteiger partial charge < -0.3 is 5.11 Å². The van der Waals surface area contributed by atoms with Gasteiger partial charge in [-0.3, -0.25) is 4.79 Å². The highest BCUT2D eigenvalue weighted by Gasteiger charge is 2.61. The SMILES string of the molecule is CC1(C)[C@H]2CC[C@@]1(C)C(O)=C(N=Nc1ccccc1)C2=O. The number of aliphatic hydroxyl groups is 1. The Morgan fingerprint density at radius 3 is 2.48 bits per heavy atom. The Bertz CT molecular complexity index is 646. The lowest BCUT2D eigenvalue weighted by Crippen LogP contribution is -2.43. The average molecular weight is 284 g/mol. The molecule has 1 N–H and O–H groups in total. The van der Waals surface area contributed by atoms with E-state index in [1.54, 1.807) is 0 Å². The van der Waals surface area contributed by atoms with Crippen molar-refractivity contribution in [1.82, 2.24) is 0 Å². The van der Waals surface area contributed by atoms with Gasteiger partial charge in [0.15, 0.2) is 11.5 Å². The summed E-state index contributed by atoms with van der Waals surface area (Å²) in [6, 6.07) is 9.24. The fourth-order valence-electron chi connectivity index (χ4n) is 3.63. The van der Waals surface area contributed by atoms with E-state index in [2.05, 4.69) is 24.1 Å². The van der Waals surface area contributed by atoms with Crippen molar-refractivity contribution in [1.29, 1.82) is 0 Å². The topological polar surface area (TPSA) is 62.0 Å². The van der Waals surface area contributed by atoms with Gasteiger partial charge in [-0.05, 0) is 30.4 Å². The highest BCUT2D eigenvalue weighted by atomic mass is 16.3. The molecule has 4 nitrogen and oxygen atoms in total. The molecular formula is C17H20N2O2. The van der Waals surface area contributed by atoms with Gasteiger partial charge in [-0.1, -0.05) is 39.0 Å². The molecule has 0 radical (unpaired) electrons. The molecule has 21 heavy (non-hydrogen) atoms. The highest BCUT2D eigenvalue weighted by Crippen LogP contribution is 2.63. The molecule has 0 aromatic heterocycles. The Morgan fingerprint density at radius 1 is 1.14 bits per heavy atom. The molecule has 0 amide bonds. The molecule has 3 rings (SSSR count). The third-order valence-corrected chi connectivity index (χ3v) is 5.54. The van der Waals surface area contributed by atoms with E-state index >= 15 is 0 Å². The molecule has 2 aliphatic carbocycles. The van der Waals surface area contributed by atoms with Crippen LogP contribution in [-0.4, -0.2) is 10.9 Å². The van der Waals surface area contributed by atoms with Crippen LogP contribution in [0.3, 0.4) is 0 Å². The fraction of sp³-hybridized carbons (Fsp3) is 0.471. The zero-order valence-electron chi connectivity index (χ0n) is 12.6. The minimum Gasteiger partial charge on any atom is -0.509 e. The number of benzene rings is 1. The second kappa shape index (κ2) is 4.52. The number of allylic oxidation sites excluding steroid dienone is 2. The van der Waals surface area contributed by atoms with E-state index in [1.165, 1.54) is 0 Å². The molecule has 1 aromatic rings. The van der Waals surface area contributed by atoms with Gasteiger partial charge in [0.1, 0.15) is 5.76 Å². The number of rotatable bonds is 2. The first-order valence-electron chi connectivity index (χ1n) is 7.32. The Labute approximate surface area is 124 Å². The van der Waals surface area contributed by atoms with Crippen molar-refractivity contribution in [2.24, 2.45) is 27.0 Å². The highest BCUT2D eigenvalue weighted by molar-refractivity contribution is 5.99. The average Bonchev–Trinajstić information content (AvgIpc) is 2.65. The van der Waals surface area contributed by atoms with E-state index in [9.17, 15) is 9.90 Å². The summed E-state index contributed by atoms with van der Waals surface area (Å²) >= 11 is 0. The van der Waals surface area contributed by atoms with Gasteiger partial charge >= 0.3 is 0 Å². The van der Waals surface area contributed by atoms with Gasteiger partial charge in [-0.2, -0.15) is 5.11 Å². The molecule has 0 unspecified atom stereocenters. The maximum Gasteiger partial charge on any atom is 0.190 e. The number of Topliss-reactive ketones (excluding diaryl/α,β-unsaturated/α-hetero) is 1. The van der Waals surface area contributed by atoms with Crippen molar-refractivity contribution in [3.05, 3.63) is 41.8 Å². The molecule has 2 aliphatic rings. The quantitative estimate of drug-likeness (QED) is 0.809. The van der Waals surface area contributed by atoms with Crippen LogP contribution in [0.4, 0.5) is 5.69 Å². The second-order valence-electron chi connectivity index (χ2n) is 6.74. The number of hydrogen-bond acceptors (Lipinski definition) is 4. The van der Waals surface area contributed by atoms with Crippen molar-refractivity contribution >= 4 is 11.5 Å². The van der Waals surface area contributed by atoms with Crippen molar-refractivity contribution in [3.8, 4) is 0 Å². The monoisotopic (exact) mass is 284 g/mol. The van der Waals surface area contributed by atoms with Gasteiger partial charge in [0.25, 0.3) is 0 Å². The summed E-state index contributed by atoms with van der Waals surface area (Å²) < 4.78 is 0. The van der Waals surface area contributed by atoms with Gasteiger partial charge in [0.05, 0.1) is 5.69 Å². The Morgan fingerprint density at radius 2 is 1.81 bits per heavy atom. The van der Waals surface area contributed by atoms with Crippen LogP contribution >= 0.6 is 0 Å². The number of aliphatic hydroxyl groups excluding tert-OH is 1. The van der Waals surface area contributed by atoms with Crippen molar-refractivity contribution < 1.29 is 9.90 Å². The standard InChI is InChI=1S/C17H20N2O2/c1-16(2)12-9-10-17(16,3)15(21)13(14(12)20)19-18-11-7-5-4-6-8-11/h4-8,12,21H,9-10H2,1-3H3/t12-,17-/m0/s1. The van der Waals surface area contributed by atoms with Crippen LogP contribution in [0.2, 0.25) is 0 Å². The van der Waals surface area contributed by atoms with Crippen LogP contribution in [0.15, 0.2) is 52.0 Å². The number of carbonyl (C=O) groups is 1. The number of ketones is 1. The molecule has 1 fully saturated rings. The molecular weight excluding hydrogens is 264 g/mol. The minimum atomic E-state index is -0.392. The minimum absolute atomic E-state index is 0.0767. The van der Waals surface area contributed by atoms with Crippen LogP contribution in [0.1, 0.15) is 33.6 Å². The molecule has 2 atom stereocenters. The van der Waals surface area contributed by atoms with Crippen LogP contribution < -0.4 is 0 Å². The summed E-state index contributed by atoms with van der Waals surface area (Å²) in [4.78, 5) is 12.6. The van der Waals surface area contributed by atoms with Gasteiger partial charge in [0.2, 0.25) is 0 Å². The molecule has 1 aromatic carbocycles. The van der Waals surface area contributed by atoms with Crippen molar-refractivity contribution in [2.45, 2.75) is 33.6 Å². The first-order chi connectivity index (χ1) is 9.88. The Kier molecular flexibility index (Phi) is 3.01. The zero-order chi connectivity index (χ0) is 15.3. The molecule has 0 heterocycles. The molecule has 0 saturated heterocycles.